The fourth-order valence-electron chi connectivity index (χ4n) is 2.21. The van der Waals surface area contributed by atoms with Crippen molar-refractivity contribution in [2.75, 3.05) is 12.3 Å². The molecule has 0 fully saturated rings. The monoisotopic (exact) mass is 369 g/mol. The van der Waals surface area contributed by atoms with E-state index in [0.717, 1.165) is 31.3 Å². The molecule has 25 heavy (non-hydrogen) atoms. The molecule has 0 saturated carbocycles. The minimum absolute atomic E-state index is 0.108. The van der Waals surface area contributed by atoms with Crippen molar-refractivity contribution < 1.29 is 19.8 Å². The van der Waals surface area contributed by atoms with Crippen LogP contribution in [0.4, 0.5) is 0 Å². The summed E-state index contributed by atoms with van der Waals surface area (Å²) in [5.41, 5.74) is 3.41. The molecular weight excluding hydrogens is 338 g/mol. The molecule has 0 aromatic heterocycles. The van der Waals surface area contributed by atoms with Gasteiger partial charge in [-0.05, 0) is 46.5 Å². The molecule has 0 aromatic rings. The summed E-state index contributed by atoms with van der Waals surface area (Å²) in [7, 11) is 0. The maximum atomic E-state index is 10.9. The Hall–Kier alpha value is -1.53. The maximum Gasteiger partial charge on any atom is 0.321 e. The molecule has 3 N–H and O–H groups in total. The van der Waals surface area contributed by atoms with Crippen LogP contribution in [0.3, 0.4) is 0 Å². The van der Waals surface area contributed by atoms with E-state index in [2.05, 4.69) is 30.9 Å². The molecule has 0 unspecified atom stereocenters. The third-order valence-electron chi connectivity index (χ3n) is 3.79. The largest absolute Gasteiger partial charge is 0.481 e. The molecule has 0 bridgehead atoms. The molecule has 0 spiro atoms. The number of hydrogen-bond donors (Lipinski definition) is 4. The lowest BCUT2D eigenvalue weighted by Crippen LogP contribution is -2.38. The zero-order chi connectivity index (χ0) is 19.2. The number of carbonyl (C=O) groups is 2. The van der Waals surface area contributed by atoms with Gasteiger partial charge in [-0.1, -0.05) is 34.9 Å². The second-order valence-electron chi connectivity index (χ2n) is 6.28. The van der Waals surface area contributed by atoms with Gasteiger partial charge in [0.15, 0.2) is 0 Å². The van der Waals surface area contributed by atoms with E-state index in [0.29, 0.717) is 6.54 Å². The summed E-state index contributed by atoms with van der Waals surface area (Å²) < 4.78 is 0. The highest BCUT2D eigenvalue weighted by atomic mass is 32.1. The van der Waals surface area contributed by atoms with Crippen LogP contribution < -0.4 is 5.32 Å². The van der Waals surface area contributed by atoms with E-state index in [-0.39, 0.29) is 12.2 Å². The summed E-state index contributed by atoms with van der Waals surface area (Å²) >= 11 is 4.01. The van der Waals surface area contributed by atoms with Crippen LogP contribution in [0.25, 0.3) is 0 Å². The van der Waals surface area contributed by atoms with Gasteiger partial charge in [-0.15, -0.1) is 0 Å². The maximum absolute atomic E-state index is 10.9. The molecule has 0 aromatic carbocycles. The Bertz CT molecular complexity index is 524. The lowest BCUT2D eigenvalue weighted by Gasteiger charge is -2.10. The number of thiol groups is 1. The van der Waals surface area contributed by atoms with Gasteiger partial charge in [-0.3, -0.25) is 9.59 Å². The predicted octanol–water partition coefficient (Wildman–Crippen LogP) is 3.83. The van der Waals surface area contributed by atoms with Crippen molar-refractivity contribution >= 4 is 24.6 Å². The number of carboxylic acids is 2. The van der Waals surface area contributed by atoms with Gasteiger partial charge < -0.3 is 15.5 Å². The number of hydrogen-bond acceptors (Lipinski definition) is 4. The van der Waals surface area contributed by atoms with Crippen LogP contribution in [0, 0.1) is 0 Å². The van der Waals surface area contributed by atoms with Crippen molar-refractivity contribution in [2.24, 2.45) is 0 Å². The molecule has 0 aliphatic heterocycles. The third-order valence-corrected chi connectivity index (χ3v) is 4.15. The van der Waals surface area contributed by atoms with E-state index in [1.165, 1.54) is 11.1 Å². The molecule has 5 nitrogen and oxygen atoms in total. The Kier molecular flexibility index (Phi) is 12.9. The normalized spacial score (nSPS) is 14.5. The van der Waals surface area contributed by atoms with E-state index in [1.807, 2.05) is 26.0 Å². The second kappa shape index (κ2) is 13.7. The summed E-state index contributed by atoms with van der Waals surface area (Å²) in [4.78, 5) is 21.4. The van der Waals surface area contributed by atoms with Gasteiger partial charge in [0.05, 0.1) is 6.42 Å². The molecule has 0 heterocycles. The van der Waals surface area contributed by atoms with Gasteiger partial charge >= 0.3 is 11.9 Å². The van der Waals surface area contributed by atoms with Gasteiger partial charge in [0, 0.05) is 12.3 Å². The number of carboxylic acid groups (broad SMARTS) is 2. The summed E-state index contributed by atoms with van der Waals surface area (Å²) in [5.74, 6) is -1.40. The standard InChI is InChI=1S/C19H31NO4S/c1-14(7-5-9-16(3)12-18(21)22)6-4-8-15(2)10-11-20-17(13-25)19(23)24/h6,9-10,17,20,25H,4-5,7-8,11-13H2,1-3H3,(H,21,22)(H,23,24)/t17-/m0/s1. The van der Waals surface area contributed by atoms with Crippen molar-refractivity contribution in [3.63, 3.8) is 0 Å². The highest BCUT2D eigenvalue weighted by Gasteiger charge is 2.12. The summed E-state index contributed by atoms with van der Waals surface area (Å²) in [6.45, 7) is 6.50. The van der Waals surface area contributed by atoms with Gasteiger partial charge in [0.2, 0.25) is 0 Å². The fraction of sp³-hybridized carbons (Fsp3) is 0.579. The lowest BCUT2D eigenvalue weighted by atomic mass is 10.1. The second-order valence-corrected chi connectivity index (χ2v) is 6.65. The van der Waals surface area contributed by atoms with Gasteiger partial charge in [0.25, 0.3) is 0 Å². The van der Waals surface area contributed by atoms with Crippen molar-refractivity contribution in [1.29, 1.82) is 0 Å². The van der Waals surface area contributed by atoms with Crippen LogP contribution in [0.5, 0.6) is 0 Å². The molecule has 0 amide bonds. The molecule has 0 aliphatic carbocycles. The van der Waals surface area contributed by atoms with Crippen molar-refractivity contribution in [3.05, 3.63) is 34.9 Å². The number of aliphatic carboxylic acids is 2. The quantitative estimate of drug-likeness (QED) is 0.293. The highest BCUT2D eigenvalue weighted by molar-refractivity contribution is 7.80. The first-order valence-corrected chi connectivity index (χ1v) is 9.15. The summed E-state index contributed by atoms with van der Waals surface area (Å²) in [6, 6.07) is -0.618. The molecule has 0 saturated heterocycles. The Balaban J connectivity index is 4.09. The molecule has 0 aliphatic rings. The number of nitrogens with one attached hydrogen (secondary N) is 1. The summed E-state index contributed by atoms with van der Waals surface area (Å²) in [5, 5.41) is 20.5. The van der Waals surface area contributed by atoms with E-state index in [1.54, 1.807) is 0 Å². The smallest absolute Gasteiger partial charge is 0.321 e. The fourth-order valence-corrected chi connectivity index (χ4v) is 2.50. The van der Waals surface area contributed by atoms with Crippen LogP contribution >= 0.6 is 12.6 Å². The molecule has 6 heteroatoms. The molecule has 142 valence electrons. The zero-order valence-corrected chi connectivity index (χ0v) is 16.3. The number of allylic oxidation sites excluding steroid dienone is 4. The predicted molar refractivity (Wildman–Crippen MR) is 105 cm³/mol. The Morgan fingerprint density at radius 1 is 0.960 bits per heavy atom. The van der Waals surface area contributed by atoms with E-state index in [4.69, 9.17) is 10.2 Å². The van der Waals surface area contributed by atoms with E-state index >= 15 is 0 Å². The van der Waals surface area contributed by atoms with Crippen molar-refractivity contribution in [2.45, 2.75) is 58.9 Å². The Labute approximate surface area is 156 Å². The van der Waals surface area contributed by atoms with Gasteiger partial charge in [-0.2, -0.15) is 12.6 Å². The average Bonchev–Trinajstić information content (AvgIpc) is 2.50. The Morgan fingerprint density at radius 2 is 1.48 bits per heavy atom. The minimum Gasteiger partial charge on any atom is -0.481 e. The van der Waals surface area contributed by atoms with Crippen LogP contribution in [0.1, 0.15) is 52.9 Å². The van der Waals surface area contributed by atoms with Gasteiger partial charge in [0.1, 0.15) is 6.04 Å². The first kappa shape index (κ1) is 23.5. The SMILES string of the molecule is CC(=CCCC(C)=CCN[C@@H](CS)C(=O)O)CCC=C(C)CC(=O)O. The van der Waals surface area contributed by atoms with E-state index < -0.39 is 18.0 Å². The van der Waals surface area contributed by atoms with Crippen LogP contribution in [0.15, 0.2) is 34.9 Å². The van der Waals surface area contributed by atoms with Crippen LogP contribution in [-0.2, 0) is 9.59 Å². The van der Waals surface area contributed by atoms with Crippen LogP contribution in [-0.4, -0.2) is 40.5 Å². The first-order valence-electron chi connectivity index (χ1n) is 8.52. The highest BCUT2D eigenvalue weighted by Crippen LogP contribution is 2.12. The summed E-state index contributed by atoms with van der Waals surface area (Å²) in [6.07, 6.45) is 10.00. The van der Waals surface area contributed by atoms with Crippen molar-refractivity contribution in [1.82, 2.24) is 5.32 Å². The molecule has 0 radical (unpaired) electrons. The lowest BCUT2D eigenvalue weighted by molar-refractivity contribution is -0.139. The number of rotatable bonds is 13. The average molecular weight is 370 g/mol. The van der Waals surface area contributed by atoms with Crippen LogP contribution in [0.2, 0.25) is 0 Å². The Morgan fingerprint density at radius 3 is 1.96 bits per heavy atom. The minimum atomic E-state index is -0.882. The topological polar surface area (TPSA) is 86.6 Å². The first-order chi connectivity index (χ1) is 11.8. The van der Waals surface area contributed by atoms with Crippen molar-refractivity contribution in [3.8, 4) is 0 Å². The molecular formula is C19H31NO4S. The molecule has 1 atom stereocenters. The molecule has 0 rings (SSSR count). The van der Waals surface area contributed by atoms with Gasteiger partial charge in [-0.25, -0.2) is 0 Å². The van der Waals surface area contributed by atoms with E-state index in [9.17, 15) is 9.59 Å². The third kappa shape index (κ3) is 13.4. The zero-order valence-electron chi connectivity index (χ0n) is 15.4.